The van der Waals surface area contributed by atoms with Crippen molar-refractivity contribution < 1.29 is 19.7 Å². The Morgan fingerprint density at radius 3 is 2.89 bits per heavy atom. The smallest absolute Gasteiger partial charge is 0.334 e. The van der Waals surface area contributed by atoms with E-state index in [0.717, 1.165) is 31.3 Å². The lowest BCUT2D eigenvalue weighted by atomic mass is 9.58. The molecule has 0 spiro atoms. The molecule has 0 aromatic heterocycles. The van der Waals surface area contributed by atoms with E-state index in [1.54, 1.807) is 0 Å². The number of hydrogen-bond acceptors (Lipinski definition) is 4. The zero-order chi connectivity index (χ0) is 13.8. The van der Waals surface area contributed by atoms with E-state index in [1.807, 2.05) is 6.92 Å². The number of fused-ring (bicyclic) bond motifs is 2. The van der Waals surface area contributed by atoms with E-state index in [0.29, 0.717) is 5.57 Å². The molecular weight excluding hydrogens is 244 g/mol. The normalized spacial score (nSPS) is 45.3. The molecule has 1 saturated carbocycles. The van der Waals surface area contributed by atoms with Crippen molar-refractivity contribution in [2.75, 3.05) is 0 Å². The molecule has 4 nitrogen and oxygen atoms in total. The van der Waals surface area contributed by atoms with Gasteiger partial charge in [0.05, 0.1) is 0 Å². The summed E-state index contributed by atoms with van der Waals surface area (Å²) in [6.45, 7) is 7.91. The second-order valence-corrected chi connectivity index (χ2v) is 6.52. The second-order valence-electron chi connectivity index (χ2n) is 6.52. The van der Waals surface area contributed by atoms with E-state index >= 15 is 0 Å². The van der Waals surface area contributed by atoms with Crippen LogP contribution < -0.4 is 0 Å². The van der Waals surface area contributed by atoms with Gasteiger partial charge in [-0.05, 0) is 43.6 Å². The van der Waals surface area contributed by atoms with Crippen molar-refractivity contribution in [1.29, 1.82) is 0 Å². The molecule has 3 rings (SSSR count). The first-order valence-electron chi connectivity index (χ1n) is 6.85. The third-order valence-corrected chi connectivity index (χ3v) is 5.13. The highest BCUT2D eigenvalue weighted by Gasteiger charge is 2.53. The maximum atomic E-state index is 11.6. The van der Waals surface area contributed by atoms with Gasteiger partial charge in [-0.1, -0.05) is 19.6 Å². The Hall–Kier alpha value is -1.13. The lowest BCUT2D eigenvalue weighted by Gasteiger charge is -2.49. The summed E-state index contributed by atoms with van der Waals surface area (Å²) < 4.78 is 5.41. The molecular formula is C15H20O4. The number of hydrogen-bond donors (Lipinski definition) is 1. The van der Waals surface area contributed by atoms with Gasteiger partial charge in [0.25, 0.3) is 0 Å². The number of rotatable bonds is 1. The Bertz CT molecular complexity index is 481. The summed E-state index contributed by atoms with van der Waals surface area (Å²) in [7, 11) is 0. The average Bonchev–Trinajstić information content (AvgIpc) is 2.62. The van der Waals surface area contributed by atoms with Crippen LogP contribution in [0.15, 0.2) is 23.8 Å². The van der Waals surface area contributed by atoms with Gasteiger partial charge in [-0.2, -0.15) is 0 Å². The van der Waals surface area contributed by atoms with Gasteiger partial charge >= 0.3 is 5.97 Å². The number of ether oxygens (including phenoxy) is 1. The summed E-state index contributed by atoms with van der Waals surface area (Å²) in [5, 5.41) is 9.30. The van der Waals surface area contributed by atoms with Crippen LogP contribution in [-0.2, 0) is 14.4 Å². The van der Waals surface area contributed by atoms with Crippen molar-refractivity contribution in [3.05, 3.63) is 23.8 Å². The topological polar surface area (TPSA) is 55.8 Å². The standard InChI is InChI=1S/C15H20O4/c1-9-10-7-12-14(2,8-11(10)18-13(9)16)5-4-6-15(12,3)19-17/h7,10-11,17H,1,4-6,8H2,2-3H3. The van der Waals surface area contributed by atoms with Crippen LogP contribution in [0.5, 0.6) is 0 Å². The number of carbonyl (C=O) groups is 1. The summed E-state index contributed by atoms with van der Waals surface area (Å²) in [6.07, 6.45) is 5.56. The van der Waals surface area contributed by atoms with Crippen LogP contribution >= 0.6 is 0 Å². The minimum Gasteiger partial charge on any atom is -0.458 e. The fraction of sp³-hybridized carbons (Fsp3) is 0.667. The van der Waals surface area contributed by atoms with Crippen LogP contribution in [0.2, 0.25) is 0 Å². The molecule has 2 fully saturated rings. The van der Waals surface area contributed by atoms with E-state index in [-0.39, 0.29) is 23.4 Å². The third kappa shape index (κ3) is 1.70. The first kappa shape index (κ1) is 12.9. The van der Waals surface area contributed by atoms with Crippen LogP contribution in [0.4, 0.5) is 0 Å². The fourth-order valence-electron chi connectivity index (χ4n) is 4.05. The molecule has 4 unspecified atom stereocenters. The SMILES string of the molecule is C=C1C(=O)OC2CC3(C)CCCC(C)(OO)C3=CC12. The molecule has 4 atom stereocenters. The van der Waals surface area contributed by atoms with Crippen LogP contribution in [0.3, 0.4) is 0 Å². The molecule has 2 aliphatic carbocycles. The fourth-order valence-corrected chi connectivity index (χ4v) is 4.05. The molecule has 0 aromatic carbocycles. The Morgan fingerprint density at radius 2 is 2.21 bits per heavy atom. The molecule has 1 saturated heterocycles. The van der Waals surface area contributed by atoms with Gasteiger partial charge in [0, 0.05) is 11.5 Å². The predicted molar refractivity (Wildman–Crippen MR) is 69.3 cm³/mol. The van der Waals surface area contributed by atoms with Crippen LogP contribution in [0, 0.1) is 11.3 Å². The Morgan fingerprint density at radius 1 is 1.47 bits per heavy atom. The first-order valence-corrected chi connectivity index (χ1v) is 6.85. The van der Waals surface area contributed by atoms with Gasteiger partial charge in [0.15, 0.2) is 0 Å². The van der Waals surface area contributed by atoms with Gasteiger partial charge in [0.2, 0.25) is 0 Å². The largest absolute Gasteiger partial charge is 0.458 e. The highest BCUT2D eigenvalue weighted by molar-refractivity contribution is 5.91. The number of esters is 1. The zero-order valence-electron chi connectivity index (χ0n) is 11.4. The van der Waals surface area contributed by atoms with E-state index in [4.69, 9.17) is 9.62 Å². The molecule has 0 aromatic rings. The van der Waals surface area contributed by atoms with Crippen molar-refractivity contribution in [3.8, 4) is 0 Å². The predicted octanol–water partition coefficient (Wildman–Crippen LogP) is 2.85. The molecule has 3 aliphatic rings. The Balaban J connectivity index is 2.06. The highest BCUT2D eigenvalue weighted by atomic mass is 17.1. The highest BCUT2D eigenvalue weighted by Crippen LogP contribution is 2.55. The van der Waals surface area contributed by atoms with Crippen molar-refractivity contribution in [1.82, 2.24) is 0 Å². The molecule has 0 bridgehead atoms. The maximum Gasteiger partial charge on any atom is 0.334 e. The summed E-state index contributed by atoms with van der Waals surface area (Å²) in [5.41, 5.74) is 0.894. The molecule has 0 radical (unpaired) electrons. The monoisotopic (exact) mass is 264 g/mol. The van der Waals surface area contributed by atoms with E-state index in [9.17, 15) is 10.1 Å². The summed E-state index contributed by atoms with van der Waals surface area (Å²) in [4.78, 5) is 16.4. The molecule has 104 valence electrons. The van der Waals surface area contributed by atoms with Crippen molar-refractivity contribution in [2.45, 2.75) is 51.2 Å². The van der Waals surface area contributed by atoms with E-state index in [2.05, 4.69) is 19.6 Å². The minimum atomic E-state index is -0.649. The first-order chi connectivity index (χ1) is 8.89. The molecule has 4 heteroatoms. The van der Waals surface area contributed by atoms with Crippen LogP contribution in [-0.4, -0.2) is 22.9 Å². The average molecular weight is 264 g/mol. The second kappa shape index (κ2) is 3.93. The maximum absolute atomic E-state index is 11.6. The quantitative estimate of drug-likeness (QED) is 0.260. The van der Waals surface area contributed by atoms with E-state index in [1.165, 1.54) is 0 Å². The van der Waals surface area contributed by atoms with Crippen molar-refractivity contribution >= 4 is 5.97 Å². The molecule has 1 heterocycles. The molecule has 0 amide bonds. The van der Waals surface area contributed by atoms with Crippen molar-refractivity contribution in [2.24, 2.45) is 11.3 Å². The zero-order valence-corrected chi connectivity index (χ0v) is 11.4. The van der Waals surface area contributed by atoms with Gasteiger partial charge < -0.3 is 4.74 Å². The summed E-state index contributed by atoms with van der Waals surface area (Å²) in [6, 6.07) is 0. The lowest BCUT2D eigenvalue weighted by Crippen LogP contribution is -2.47. The molecule has 19 heavy (non-hydrogen) atoms. The van der Waals surface area contributed by atoms with Crippen LogP contribution in [0.25, 0.3) is 0 Å². The third-order valence-electron chi connectivity index (χ3n) is 5.13. The Kier molecular flexibility index (Phi) is 2.67. The van der Waals surface area contributed by atoms with Crippen molar-refractivity contribution in [3.63, 3.8) is 0 Å². The van der Waals surface area contributed by atoms with Gasteiger partial charge in [-0.15, -0.1) is 0 Å². The van der Waals surface area contributed by atoms with Gasteiger partial charge in [0.1, 0.15) is 11.7 Å². The van der Waals surface area contributed by atoms with Crippen LogP contribution in [0.1, 0.15) is 39.5 Å². The summed E-state index contributed by atoms with van der Waals surface area (Å²) >= 11 is 0. The number of carbonyl (C=O) groups excluding carboxylic acids is 1. The molecule has 1 N–H and O–H groups in total. The summed E-state index contributed by atoms with van der Waals surface area (Å²) in [5.74, 6) is -0.358. The van der Waals surface area contributed by atoms with E-state index < -0.39 is 5.60 Å². The van der Waals surface area contributed by atoms with Gasteiger partial charge in [-0.3, -0.25) is 5.26 Å². The Labute approximate surface area is 113 Å². The molecule has 1 aliphatic heterocycles. The van der Waals surface area contributed by atoms with Gasteiger partial charge in [-0.25, -0.2) is 9.68 Å². The minimum absolute atomic E-state index is 0.0665. The lowest BCUT2D eigenvalue weighted by molar-refractivity contribution is -0.315.